The van der Waals surface area contributed by atoms with E-state index < -0.39 is 10.0 Å². The Labute approximate surface area is 128 Å². The molecule has 1 fully saturated rings. The van der Waals surface area contributed by atoms with Crippen LogP contribution in [0.4, 0.5) is 5.69 Å². The van der Waals surface area contributed by atoms with Gasteiger partial charge in [0.25, 0.3) is 0 Å². The molecule has 0 bridgehead atoms. The number of hydrogen-bond acceptors (Lipinski definition) is 3. The predicted molar refractivity (Wildman–Crippen MR) is 86.8 cm³/mol. The average Bonchev–Trinajstić information content (AvgIpc) is 2.44. The lowest BCUT2D eigenvalue weighted by molar-refractivity contribution is 0.261. The Morgan fingerprint density at radius 3 is 2.29 bits per heavy atom. The largest absolute Gasteiger partial charge is 0.398 e. The molecule has 0 aliphatic heterocycles. The Morgan fingerprint density at radius 2 is 1.71 bits per heavy atom. The van der Waals surface area contributed by atoms with Gasteiger partial charge in [0.05, 0.1) is 5.69 Å². The van der Waals surface area contributed by atoms with Crippen molar-refractivity contribution in [2.75, 3.05) is 12.3 Å². The Kier molecular flexibility index (Phi) is 4.94. The fraction of sp³-hybridized carbons (Fsp3) is 0.625. The normalized spacial score (nSPS) is 17.3. The maximum absolute atomic E-state index is 13.0. The molecule has 0 heterocycles. The molecule has 0 saturated heterocycles. The Bertz CT molecular complexity index is 605. The van der Waals surface area contributed by atoms with Gasteiger partial charge in [0.2, 0.25) is 10.0 Å². The van der Waals surface area contributed by atoms with E-state index in [0.29, 0.717) is 12.2 Å². The highest BCUT2D eigenvalue weighted by Crippen LogP contribution is 2.31. The third-order valence-electron chi connectivity index (χ3n) is 4.51. The second-order valence-corrected chi connectivity index (χ2v) is 7.83. The van der Waals surface area contributed by atoms with Crippen LogP contribution in [0.25, 0.3) is 0 Å². The summed E-state index contributed by atoms with van der Waals surface area (Å²) in [7, 11) is -3.51. The molecule has 0 amide bonds. The van der Waals surface area contributed by atoms with Crippen LogP contribution in [0.15, 0.2) is 17.0 Å². The van der Waals surface area contributed by atoms with E-state index in [-0.39, 0.29) is 10.9 Å². The molecule has 0 atom stereocenters. The number of nitrogen functional groups attached to an aromatic ring is 1. The van der Waals surface area contributed by atoms with Crippen LogP contribution in [0, 0.1) is 13.8 Å². The molecule has 0 aromatic heterocycles. The summed E-state index contributed by atoms with van der Waals surface area (Å²) in [5, 5.41) is 0. The van der Waals surface area contributed by atoms with E-state index in [1.165, 1.54) is 6.42 Å². The van der Waals surface area contributed by atoms with Gasteiger partial charge < -0.3 is 5.73 Å². The Morgan fingerprint density at radius 1 is 1.14 bits per heavy atom. The van der Waals surface area contributed by atoms with Crippen molar-refractivity contribution in [3.63, 3.8) is 0 Å². The van der Waals surface area contributed by atoms with E-state index in [2.05, 4.69) is 0 Å². The van der Waals surface area contributed by atoms with Crippen molar-refractivity contribution < 1.29 is 8.42 Å². The van der Waals surface area contributed by atoms with E-state index in [0.717, 1.165) is 36.8 Å². The van der Waals surface area contributed by atoms with Gasteiger partial charge in [-0.15, -0.1) is 0 Å². The lowest BCUT2D eigenvalue weighted by Gasteiger charge is -2.33. The molecule has 0 spiro atoms. The van der Waals surface area contributed by atoms with Gasteiger partial charge in [0.1, 0.15) is 4.90 Å². The van der Waals surface area contributed by atoms with Crippen molar-refractivity contribution in [3.8, 4) is 0 Å². The van der Waals surface area contributed by atoms with Crippen LogP contribution in [-0.4, -0.2) is 25.3 Å². The molecule has 2 N–H and O–H groups in total. The fourth-order valence-electron chi connectivity index (χ4n) is 3.16. The molecule has 1 aliphatic carbocycles. The third-order valence-corrected chi connectivity index (χ3v) is 6.59. The van der Waals surface area contributed by atoms with Gasteiger partial charge in [-0.3, -0.25) is 0 Å². The van der Waals surface area contributed by atoms with Crippen LogP contribution in [0.5, 0.6) is 0 Å². The van der Waals surface area contributed by atoms with Gasteiger partial charge in [-0.05, 0) is 49.9 Å². The monoisotopic (exact) mass is 310 g/mol. The van der Waals surface area contributed by atoms with E-state index in [4.69, 9.17) is 5.73 Å². The lowest BCUT2D eigenvalue weighted by atomic mass is 9.95. The quantitative estimate of drug-likeness (QED) is 0.868. The first-order chi connectivity index (χ1) is 9.87. The fourth-order valence-corrected chi connectivity index (χ4v) is 5.03. The summed E-state index contributed by atoms with van der Waals surface area (Å²) in [5.41, 5.74) is 8.33. The van der Waals surface area contributed by atoms with Gasteiger partial charge in [-0.25, -0.2) is 8.42 Å². The number of benzene rings is 1. The molecule has 0 radical (unpaired) electrons. The first kappa shape index (κ1) is 16.3. The number of anilines is 1. The van der Waals surface area contributed by atoms with Crippen LogP contribution < -0.4 is 5.73 Å². The highest BCUT2D eigenvalue weighted by molar-refractivity contribution is 7.89. The van der Waals surface area contributed by atoms with Crippen LogP contribution in [0.2, 0.25) is 0 Å². The summed E-state index contributed by atoms with van der Waals surface area (Å²) in [5.74, 6) is 0. The van der Waals surface area contributed by atoms with E-state index in [1.54, 1.807) is 16.4 Å². The molecule has 4 nitrogen and oxygen atoms in total. The van der Waals surface area contributed by atoms with Crippen molar-refractivity contribution >= 4 is 15.7 Å². The second-order valence-electron chi connectivity index (χ2n) is 5.97. The molecule has 21 heavy (non-hydrogen) atoms. The number of sulfonamides is 1. The van der Waals surface area contributed by atoms with Crippen molar-refractivity contribution in [2.45, 2.75) is 63.8 Å². The van der Waals surface area contributed by atoms with Crippen molar-refractivity contribution in [1.82, 2.24) is 4.31 Å². The topological polar surface area (TPSA) is 63.4 Å². The minimum Gasteiger partial charge on any atom is -0.398 e. The number of nitrogens with zero attached hydrogens (tertiary/aromatic N) is 1. The molecule has 118 valence electrons. The SMILES string of the molecule is CCN(C1CCCCC1)S(=O)(=O)c1cc(C)c(C)cc1N. The van der Waals surface area contributed by atoms with Gasteiger partial charge in [0.15, 0.2) is 0 Å². The van der Waals surface area contributed by atoms with Crippen LogP contribution in [0.3, 0.4) is 0 Å². The van der Waals surface area contributed by atoms with Crippen molar-refractivity contribution in [2.24, 2.45) is 0 Å². The molecule has 1 saturated carbocycles. The standard InChI is InChI=1S/C16H26N2O2S/c1-4-18(14-8-6-5-7-9-14)21(19,20)16-11-13(3)12(2)10-15(16)17/h10-11,14H,4-9,17H2,1-3H3. The summed E-state index contributed by atoms with van der Waals surface area (Å²) >= 11 is 0. The Hall–Kier alpha value is -1.07. The first-order valence-electron chi connectivity index (χ1n) is 7.76. The summed E-state index contributed by atoms with van der Waals surface area (Å²) in [6, 6.07) is 3.59. The number of rotatable bonds is 4. The maximum atomic E-state index is 13.0. The van der Waals surface area contributed by atoms with Gasteiger partial charge in [-0.1, -0.05) is 26.2 Å². The molecule has 1 aromatic carbocycles. The van der Waals surface area contributed by atoms with E-state index in [1.807, 2.05) is 20.8 Å². The third kappa shape index (κ3) is 3.24. The molecule has 1 aromatic rings. The predicted octanol–water partition coefficient (Wildman–Crippen LogP) is 3.23. The van der Waals surface area contributed by atoms with Crippen LogP contribution in [-0.2, 0) is 10.0 Å². The number of nitrogens with two attached hydrogens (primary N) is 1. The zero-order chi connectivity index (χ0) is 15.6. The van der Waals surface area contributed by atoms with Crippen molar-refractivity contribution in [1.29, 1.82) is 0 Å². The van der Waals surface area contributed by atoms with E-state index in [9.17, 15) is 8.42 Å². The second kappa shape index (κ2) is 6.36. The maximum Gasteiger partial charge on any atom is 0.245 e. The van der Waals surface area contributed by atoms with Crippen molar-refractivity contribution in [3.05, 3.63) is 23.3 Å². The summed E-state index contributed by atoms with van der Waals surface area (Å²) < 4.78 is 27.6. The van der Waals surface area contributed by atoms with E-state index >= 15 is 0 Å². The zero-order valence-electron chi connectivity index (χ0n) is 13.2. The molecule has 0 unspecified atom stereocenters. The molecule has 1 aliphatic rings. The molecular formula is C16H26N2O2S. The first-order valence-corrected chi connectivity index (χ1v) is 9.20. The molecule has 2 rings (SSSR count). The van der Waals surface area contributed by atoms with Crippen LogP contribution in [0.1, 0.15) is 50.2 Å². The summed E-state index contributed by atoms with van der Waals surface area (Å²) in [4.78, 5) is 0.262. The number of hydrogen-bond donors (Lipinski definition) is 1. The molecular weight excluding hydrogens is 284 g/mol. The smallest absolute Gasteiger partial charge is 0.245 e. The molecule has 5 heteroatoms. The van der Waals surface area contributed by atoms with Gasteiger partial charge >= 0.3 is 0 Å². The van der Waals surface area contributed by atoms with Gasteiger partial charge in [-0.2, -0.15) is 4.31 Å². The summed E-state index contributed by atoms with van der Waals surface area (Å²) in [6.07, 6.45) is 5.34. The highest BCUT2D eigenvalue weighted by Gasteiger charge is 2.32. The number of aryl methyl sites for hydroxylation is 2. The average molecular weight is 310 g/mol. The summed E-state index contributed by atoms with van der Waals surface area (Å²) in [6.45, 7) is 6.27. The minimum absolute atomic E-state index is 0.120. The minimum atomic E-state index is -3.51. The lowest BCUT2D eigenvalue weighted by Crippen LogP contribution is -2.41. The highest BCUT2D eigenvalue weighted by atomic mass is 32.2. The van der Waals surface area contributed by atoms with Crippen LogP contribution >= 0.6 is 0 Å². The van der Waals surface area contributed by atoms with Gasteiger partial charge in [0, 0.05) is 12.6 Å². The zero-order valence-corrected chi connectivity index (χ0v) is 14.0. The Balaban J connectivity index is 2.41.